The van der Waals surface area contributed by atoms with Gasteiger partial charge in [0.2, 0.25) is 0 Å². The number of fused-ring (bicyclic) bond motifs is 1. The third-order valence-corrected chi connectivity index (χ3v) is 4.05. The van der Waals surface area contributed by atoms with Crippen molar-refractivity contribution < 1.29 is 0 Å². The average Bonchev–Trinajstić information content (AvgIpc) is 2.49. The quantitative estimate of drug-likeness (QED) is 0.538. The second-order valence-corrected chi connectivity index (χ2v) is 5.66. The van der Waals surface area contributed by atoms with Gasteiger partial charge in [-0.25, -0.2) is 9.97 Å². The van der Waals surface area contributed by atoms with E-state index in [4.69, 9.17) is 0 Å². The van der Waals surface area contributed by atoms with E-state index in [9.17, 15) is 4.79 Å². The summed E-state index contributed by atoms with van der Waals surface area (Å²) in [4.78, 5) is 21.3. The summed E-state index contributed by atoms with van der Waals surface area (Å²) in [5.74, 6) is 0. The molecule has 5 heteroatoms. The van der Waals surface area contributed by atoms with Gasteiger partial charge in [-0.3, -0.25) is 9.36 Å². The van der Waals surface area contributed by atoms with Gasteiger partial charge in [0.25, 0.3) is 5.56 Å². The van der Waals surface area contributed by atoms with E-state index in [1.807, 2.05) is 44.4 Å². The second kappa shape index (κ2) is 5.33. The zero-order chi connectivity index (χ0) is 15.0. The summed E-state index contributed by atoms with van der Waals surface area (Å²) in [7, 11) is 0. The van der Waals surface area contributed by atoms with Crippen molar-refractivity contribution in [3.05, 3.63) is 58.1 Å². The number of rotatable bonds is 2. The zero-order valence-corrected chi connectivity index (χ0v) is 12.9. The largest absolute Gasteiger partial charge is 0.283 e. The first-order valence-corrected chi connectivity index (χ1v) is 7.83. The Balaban J connectivity index is 2.31. The highest BCUT2D eigenvalue weighted by Gasteiger charge is 2.10. The Kier molecular flexibility index (Phi) is 3.51. The molecule has 106 valence electrons. The van der Waals surface area contributed by atoms with E-state index in [1.165, 1.54) is 11.8 Å². The van der Waals surface area contributed by atoms with Gasteiger partial charge in [-0.1, -0.05) is 30.0 Å². The molecule has 2 aromatic heterocycles. The van der Waals surface area contributed by atoms with Gasteiger partial charge in [-0.05, 0) is 37.3 Å². The fraction of sp³-hybridized carbons (Fsp3) is 0.188. The van der Waals surface area contributed by atoms with Crippen molar-refractivity contribution in [3.63, 3.8) is 0 Å². The Hall–Kier alpha value is -2.14. The minimum absolute atomic E-state index is 0.0856. The van der Waals surface area contributed by atoms with Crippen molar-refractivity contribution in [2.75, 3.05) is 6.26 Å². The molecule has 0 aliphatic rings. The van der Waals surface area contributed by atoms with E-state index in [0.717, 1.165) is 16.8 Å². The summed E-state index contributed by atoms with van der Waals surface area (Å²) in [5, 5.41) is 1.21. The average molecular weight is 297 g/mol. The van der Waals surface area contributed by atoms with Crippen LogP contribution in [0.5, 0.6) is 0 Å². The fourth-order valence-corrected chi connectivity index (χ4v) is 2.82. The van der Waals surface area contributed by atoms with Crippen molar-refractivity contribution in [3.8, 4) is 5.69 Å². The Morgan fingerprint density at radius 2 is 1.86 bits per heavy atom. The second-order valence-electron chi connectivity index (χ2n) is 4.89. The van der Waals surface area contributed by atoms with E-state index >= 15 is 0 Å². The molecule has 0 N–H and O–H groups in total. The monoisotopic (exact) mass is 297 g/mol. The minimum Gasteiger partial charge on any atom is -0.283 e. The van der Waals surface area contributed by atoms with Crippen LogP contribution in [0.2, 0.25) is 0 Å². The summed E-state index contributed by atoms with van der Waals surface area (Å²) in [6, 6.07) is 7.87. The van der Waals surface area contributed by atoms with Crippen molar-refractivity contribution >= 4 is 22.7 Å². The normalized spacial score (nSPS) is 11.0. The van der Waals surface area contributed by atoms with E-state index in [1.54, 1.807) is 17.0 Å². The van der Waals surface area contributed by atoms with Crippen molar-refractivity contribution in [1.29, 1.82) is 0 Å². The van der Waals surface area contributed by atoms with E-state index in [0.29, 0.717) is 16.1 Å². The van der Waals surface area contributed by atoms with Crippen LogP contribution in [0.3, 0.4) is 0 Å². The van der Waals surface area contributed by atoms with Crippen LogP contribution >= 0.6 is 11.8 Å². The molecule has 0 aliphatic carbocycles. The van der Waals surface area contributed by atoms with Gasteiger partial charge in [-0.2, -0.15) is 0 Å². The number of benzene rings is 1. The highest BCUT2D eigenvalue weighted by molar-refractivity contribution is 7.98. The SMILES string of the molecule is CSc1ncc2c(=O)n(-c3c(C)cccc3C)ccc2n1. The maximum absolute atomic E-state index is 12.7. The van der Waals surface area contributed by atoms with Gasteiger partial charge in [0.05, 0.1) is 16.6 Å². The molecule has 0 saturated heterocycles. The minimum atomic E-state index is -0.0856. The summed E-state index contributed by atoms with van der Waals surface area (Å²) >= 11 is 1.46. The third-order valence-electron chi connectivity index (χ3n) is 3.49. The molecule has 0 radical (unpaired) electrons. The smallest absolute Gasteiger partial charge is 0.266 e. The maximum Gasteiger partial charge on any atom is 0.266 e. The number of thioether (sulfide) groups is 1. The molecular formula is C16H15N3OS. The summed E-state index contributed by atoms with van der Waals surface area (Å²) < 4.78 is 1.68. The predicted molar refractivity (Wildman–Crippen MR) is 86.4 cm³/mol. The number of pyridine rings is 1. The molecule has 0 spiro atoms. The number of hydrogen-bond acceptors (Lipinski definition) is 4. The first kappa shape index (κ1) is 13.8. The maximum atomic E-state index is 12.7. The number of hydrogen-bond donors (Lipinski definition) is 0. The zero-order valence-electron chi connectivity index (χ0n) is 12.1. The number of para-hydroxylation sites is 1. The van der Waals surface area contributed by atoms with Gasteiger partial charge in [-0.15, -0.1) is 0 Å². The Labute approximate surface area is 126 Å². The fourth-order valence-electron chi connectivity index (χ4n) is 2.47. The molecule has 0 saturated carbocycles. The molecule has 1 aromatic carbocycles. The van der Waals surface area contributed by atoms with Crippen LogP contribution in [0.1, 0.15) is 11.1 Å². The standard InChI is InChI=1S/C16H15N3OS/c1-10-5-4-6-11(2)14(10)19-8-7-13-12(15(19)20)9-17-16(18-13)21-3/h4-9H,1-3H3. The first-order valence-electron chi connectivity index (χ1n) is 6.61. The molecule has 4 nitrogen and oxygen atoms in total. The molecule has 21 heavy (non-hydrogen) atoms. The van der Waals surface area contributed by atoms with Crippen LogP contribution in [0.25, 0.3) is 16.6 Å². The van der Waals surface area contributed by atoms with Crippen LogP contribution in [0, 0.1) is 13.8 Å². The summed E-state index contributed by atoms with van der Waals surface area (Å²) in [6.07, 6.45) is 5.32. The topological polar surface area (TPSA) is 47.8 Å². The lowest BCUT2D eigenvalue weighted by Gasteiger charge is -2.13. The van der Waals surface area contributed by atoms with E-state index < -0.39 is 0 Å². The highest BCUT2D eigenvalue weighted by Crippen LogP contribution is 2.19. The molecule has 0 amide bonds. The molecule has 0 aliphatic heterocycles. The van der Waals surface area contributed by atoms with Crippen LogP contribution in [-0.4, -0.2) is 20.8 Å². The molecule has 0 fully saturated rings. The number of nitrogens with zero attached hydrogens (tertiary/aromatic N) is 3. The summed E-state index contributed by atoms with van der Waals surface area (Å²) in [6.45, 7) is 4.01. The van der Waals surface area contributed by atoms with Gasteiger partial charge in [0, 0.05) is 12.4 Å². The molecule has 0 atom stereocenters. The molecule has 3 aromatic rings. The van der Waals surface area contributed by atoms with E-state index in [2.05, 4.69) is 9.97 Å². The van der Waals surface area contributed by atoms with Gasteiger partial charge >= 0.3 is 0 Å². The van der Waals surface area contributed by atoms with Crippen LogP contribution in [-0.2, 0) is 0 Å². The number of aryl methyl sites for hydroxylation is 2. The lowest BCUT2D eigenvalue weighted by atomic mass is 10.1. The summed E-state index contributed by atoms with van der Waals surface area (Å²) in [5.41, 5.74) is 3.66. The first-order chi connectivity index (χ1) is 10.1. The molecule has 3 rings (SSSR count). The van der Waals surface area contributed by atoms with E-state index in [-0.39, 0.29) is 5.56 Å². The highest BCUT2D eigenvalue weighted by atomic mass is 32.2. The Bertz CT molecular complexity index is 866. The van der Waals surface area contributed by atoms with Crippen LogP contribution in [0.4, 0.5) is 0 Å². The van der Waals surface area contributed by atoms with Crippen molar-refractivity contribution in [1.82, 2.24) is 14.5 Å². The van der Waals surface area contributed by atoms with Gasteiger partial charge in [0.1, 0.15) is 0 Å². The predicted octanol–water partition coefficient (Wildman–Crippen LogP) is 3.12. The third kappa shape index (κ3) is 2.34. The van der Waals surface area contributed by atoms with Gasteiger partial charge < -0.3 is 0 Å². The van der Waals surface area contributed by atoms with Crippen molar-refractivity contribution in [2.24, 2.45) is 0 Å². The van der Waals surface area contributed by atoms with Crippen LogP contribution < -0.4 is 5.56 Å². The van der Waals surface area contributed by atoms with Gasteiger partial charge in [0.15, 0.2) is 5.16 Å². The molecule has 0 bridgehead atoms. The molecular weight excluding hydrogens is 282 g/mol. The van der Waals surface area contributed by atoms with Crippen molar-refractivity contribution in [2.45, 2.75) is 19.0 Å². The Morgan fingerprint density at radius 1 is 1.14 bits per heavy atom. The molecule has 2 heterocycles. The number of aromatic nitrogens is 3. The lowest BCUT2D eigenvalue weighted by molar-refractivity contribution is 0.955. The Morgan fingerprint density at radius 3 is 2.52 bits per heavy atom. The lowest BCUT2D eigenvalue weighted by Crippen LogP contribution is -2.20. The molecule has 0 unspecified atom stereocenters. The van der Waals surface area contributed by atoms with Crippen LogP contribution in [0.15, 0.2) is 46.6 Å².